The summed E-state index contributed by atoms with van der Waals surface area (Å²) in [5.74, 6) is -0.844. The normalized spacial score (nSPS) is 19.3. The lowest BCUT2D eigenvalue weighted by molar-refractivity contribution is -0.138. The molecule has 1 aromatic carbocycles. The van der Waals surface area contributed by atoms with Gasteiger partial charge in [-0.05, 0) is 24.5 Å². The summed E-state index contributed by atoms with van der Waals surface area (Å²) in [6, 6.07) is 10.7. The van der Waals surface area contributed by atoms with E-state index in [0.29, 0.717) is 19.4 Å². The number of amides is 1. The molecule has 2 heterocycles. The summed E-state index contributed by atoms with van der Waals surface area (Å²) in [7, 11) is 1.89. The number of nitrogens with one attached hydrogen (secondary N) is 1. The van der Waals surface area contributed by atoms with Crippen molar-refractivity contribution in [3.05, 3.63) is 54.4 Å². The fraction of sp³-hybridized carbons (Fsp3) is 0.368. The third-order valence-electron chi connectivity index (χ3n) is 4.60. The highest BCUT2D eigenvalue weighted by Crippen LogP contribution is 2.30. The van der Waals surface area contributed by atoms with E-state index >= 15 is 0 Å². The molecule has 2 atom stereocenters. The summed E-state index contributed by atoms with van der Waals surface area (Å²) in [5.41, 5.74) is 1.77. The van der Waals surface area contributed by atoms with Crippen molar-refractivity contribution in [1.29, 1.82) is 0 Å². The summed E-state index contributed by atoms with van der Waals surface area (Å²) in [6.07, 6.45) is 4.52. The lowest BCUT2D eigenvalue weighted by Gasteiger charge is -2.29. The van der Waals surface area contributed by atoms with Gasteiger partial charge in [-0.2, -0.15) is 0 Å². The molecule has 0 saturated carbocycles. The Morgan fingerprint density at radius 3 is 2.65 bits per heavy atom. The van der Waals surface area contributed by atoms with Crippen LogP contribution < -0.4 is 10.2 Å². The van der Waals surface area contributed by atoms with Gasteiger partial charge >= 0.3 is 12.1 Å². The Kier molecular flexibility index (Phi) is 5.46. The molecule has 1 aliphatic rings. The highest BCUT2D eigenvalue weighted by atomic mass is 16.5. The number of anilines is 1. The van der Waals surface area contributed by atoms with Crippen molar-refractivity contribution in [2.45, 2.75) is 31.5 Å². The highest BCUT2D eigenvalue weighted by molar-refractivity contribution is 5.79. The number of alkyl carbamates (subject to hydrolysis) is 1. The van der Waals surface area contributed by atoms with E-state index in [9.17, 15) is 14.7 Å². The molecule has 2 aromatic rings. The summed E-state index contributed by atoms with van der Waals surface area (Å²) in [5, 5.41) is 12.3. The van der Waals surface area contributed by atoms with E-state index in [-0.39, 0.29) is 12.6 Å². The number of rotatable bonds is 6. The van der Waals surface area contributed by atoms with E-state index in [2.05, 4.69) is 5.32 Å². The fourth-order valence-corrected chi connectivity index (χ4v) is 3.33. The monoisotopic (exact) mass is 357 g/mol. The van der Waals surface area contributed by atoms with Crippen LogP contribution in [0.4, 0.5) is 10.5 Å². The Balaban J connectivity index is 1.57. The number of ether oxygens (including phenoxy) is 1. The molecule has 1 fully saturated rings. The largest absolute Gasteiger partial charge is 0.480 e. The molecule has 138 valence electrons. The van der Waals surface area contributed by atoms with Gasteiger partial charge in [-0.25, -0.2) is 9.59 Å². The summed E-state index contributed by atoms with van der Waals surface area (Å²) in [4.78, 5) is 25.4. The second kappa shape index (κ2) is 7.95. The van der Waals surface area contributed by atoms with E-state index in [0.717, 1.165) is 11.3 Å². The minimum atomic E-state index is -0.844. The predicted octanol–water partition coefficient (Wildman–Crippen LogP) is 2.37. The average Bonchev–Trinajstić information content (AvgIpc) is 3.24. The van der Waals surface area contributed by atoms with Crippen LogP contribution in [-0.2, 0) is 23.2 Å². The standard InChI is InChI=1S/C19H23N3O4/c1-21-10-9-16(12-21)22-15(7-8-17(22)18(23)24)11-20-19(25)26-13-14-5-3-2-4-6-14/h2-6,9-10,12,15,17H,7-8,11,13H2,1H3,(H,20,25)(H,23,24)/t15-,17-/m0/s1. The second-order valence-corrected chi connectivity index (χ2v) is 6.47. The van der Waals surface area contributed by atoms with Gasteiger partial charge in [0.1, 0.15) is 12.6 Å². The Bertz CT molecular complexity index is 759. The van der Waals surface area contributed by atoms with Crippen LogP contribution in [0.3, 0.4) is 0 Å². The van der Waals surface area contributed by atoms with Crippen LogP contribution in [0, 0.1) is 0 Å². The van der Waals surface area contributed by atoms with Crippen molar-refractivity contribution in [1.82, 2.24) is 9.88 Å². The number of hydrogen-bond acceptors (Lipinski definition) is 4. The van der Waals surface area contributed by atoms with Gasteiger partial charge in [0.25, 0.3) is 0 Å². The number of benzene rings is 1. The van der Waals surface area contributed by atoms with Crippen molar-refractivity contribution in [2.75, 3.05) is 11.4 Å². The molecule has 7 heteroatoms. The smallest absolute Gasteiger partial charge is 0.407 e. The molecular formula is C19H23N3O4. The maximum absolute atomic E-state index is 12.0. The SMILES string of the molecule is Cn1ccc(N2[C@H](CNC(=O)OCc3ccccc3)CC[C@H]2C(=O)O)c1. The van der Waals surface area contributed by atoms with E-state index in [1.54, 1.807) is 0 Å². The minimum absolute atomic E-state index is 0.0808. The van der Waals surface area contributed by atoms with Crippen molar-refractivity contribution >= 4 is 17.7 Å². The van der Waals surface area contributed by atoms with Crippen LogP contribution in [0.25, 0.3) is 0 Å². The van der Waals surface area contributed by atoms with Crippen LogP contribution in [0.5, 0.6) is 0 Å². The fourth-order valence-electron chi connectivity index (χ4n) is 3.33. The number of hydrogen-bond donors (Lipinski definition) is 2. The number of aliphatic carboxylic acids is 1. The van der Waals surface area contributed by atoms with Crippen LogP contribution in [0.2, 0.25) is 0 Å². The molecule has 26 heavy (non-hydrogen) atoms. The van der Waals surface area contributed by atoms with E-state index in [4.69, 9.17) is 4.74 Å². The Morgan fingerprint density at radius 1 is 1.23 bits per heavy atom. The number of nitrogens with zero attached hydrogens (tertiary/aromatic N) is 2. The first-order valence-corrected chi connectivity index (χ1v) is 8.62. The van der Waals surface area contributed by atoms with Crippen molar-refractivity contribution in [3.63, 3.8) is 0 Å². The van der Waals surface area contributed by atoms with Crippen LogP contribution in [-0.4, -0.2) is 40.4 Å². The van der Waals surface area contributed by atoms with Gasteiger partial charge in [0.05, 0.1) is 5.69 Å². The Morgan fingerprint density at radius 2 is 2.00 bits per heavy atom. The van der Waals surface area contributed by atoms with Gasteiger partial charge in [-0.3, -0.25) is 0 Å². The molecule has 2 N–H and O–H groups in total. The Labute approximate surface area is 152 Å². The Hall–Kier alpha value is -2.96. The van der Waals surface area contributed by atoms with Gasteiger partial charge in [-0.15, -0.1) is 0 Å². The third kappa shape index (κ3) is 4.17. The molecule has 3 rings (SSSR count). The van der Waals surface area contributed by atoms with Gasteiger partial charge in [0, 0.05) is 32.0 Å². The quantitative estimate of drug-likeness (QED) is 0.829. The van der Waals surface area contributed by atoms with Crippen LogP contribution in [0.1, 0.15) is 18.4 Å². The van der Waals surface area contributed by atoms with E-state index in [1.165, 1.54) is 0 Å². The average molecular weight is 357 g/mol. The van der Waals surface area contributed by atoms with Crippen LogP contribution in [0.15, 0.2) is 48.8 Å². The zero-order chi connectivity index (χ0) is 18.5. The molecule has 0 aliphatic carbocycles. The maximum Gasteiger partial charge on any atom is 0.407 e. The lowest BCUT2D eigenvalue weighted by atomic mass is 10.2. The topological polar surface area (TPSA) is 83.8 Å². The van der Waals surface area contributed by atoms with E-state index < -0.39 is 18.1 Å². The number of carboxylic acids is 1. The molecule has 1 amide bonds. The number of carboxylic acid groups (broad SMARTS) is 1. The second-order valence-electron chi connectivity index (χ2n) is 6.47. The van der Waals surface area contributed by atoms with Gasteiger partial charge in [0.2, 0.25) is 0 Å². The first-order chi connectivity index (χ1) is 12.5. The first-order valence-electron chi connectivity index (χ1n) is 8.62. The lowest BCUT2D eigenvalue weighted by Crippen LogP contribution is -2.46. The third-order valence-corrected chi connectivity index (χ3v) is 4.60. The van der Waals surface area contributed by atoms with Gasteiger partial charge in [0.15, 0.2) is 0 Å². The van der Waals surface area contributed by atoms with Gasteiger partial charge in [-0.1, -0.05) is 30.3 Å². The number of carbonyl (C=O) groups is 2. The molecule has 0 unspecified atom stereocenters. The summed E-state index contributed by atoms with van der Waals surface area (Å²) < 4.78 is 7.10. The highest BCUT2D eigenvalue weighted by Gasteiger charge is 2.38. The molecule has 1 aromatic heterocycles. The molecule has 7 nitrogen and oxygen atoms in total. The molecular weight excluding hydrogens is 334 g/mol. The predicted molar refractivity (Wildman–Crippen MR) is 97.0 cm³/mol. The van der Waals surface area contributed by atoms with Crippen LogP contribution >= 0.6 is 0 Å². The van der Waals surface area contributed by atoms with Crippen molar-refractivity contribution in [3.8, 4) is 0 Å². The van der Waals surface area contributed by atoms with Gasteiger partial charge < -0.3 is 24.6 Å². The zero-order valence-electron chi connectivity index (χ0n) is 14.7. The molecule has 0 spiro atoms. The van der Waals surface area contributed by atoms with Crippen molar-refractivity contribution < 1.29 is 19.4 Å². The summed E-state index contributed by atoms with van der Waals surface area (Å²) >= 11 is 0. The summed E-state index contributed by atoms with van der Waals surface area (Å²) in [6.45, 7) is 0.545. The number of carbonyl (C=O) groups excluding carboxylic acids is 1. The number of aromatic nitrogens is 1. The minimum Gasteiger partial charge on any atom is -0.480 e. The number of aryl methyl sites for hydroxylation is 1. The first kappa shape index (κ1) is 17.8. The molecule has 1 saturated heterocycles. The zero-order valence-corrected chi connectivity index (χ0v) is 14.7. The maximum atomic E-state index is 12.0. The van der Waals surface area contributed by atoms with Crippen molar-refractivity contribution in [2.24, 2.45) is 7.05 Å². The molecule has 1 aliphatic heterocycles. The van der Waals surface area contributed by atoms with E-state index in [1.807, 2.05) is 65.3 Å². The molecule has 0 radical (unpaired) electrons. The molecule has 0 bridgehead atoms.